The molecule has 0 unspecified atom stereocenters. The van der Waals surface area contributed by atoms with Crippen LogP contribution in [0.3, 0.4) is 0 Å². The van der Waals surface area contributed by atoms with Crippen molar-refractivity contribution >= 4 is 40.6 Å². The lowest BCUT2D eigenvalue weighted by molar-refractivity contribution is 0.208. The molecule has 8 nitrogen and oxygen atoms in total. The maximum Gasteiger partial charge on any atom is 0.350 e. The summed E-state index contributed by atoms with van der Waals surface area (Å²) < 4.78 is 2.99. The molecule has 4 rings (SSSR count). The number of nitrogens with zero attached hydrogens (tertiary/aromatic N) is 5. The van der Waals surface area contributed by atoms with Gasteiger partial charge in [-0.15, -0.1) is 0 Å². The van der Waals surface area contributed by atoms with Crippen LogP contribution in [0.4, 0.5) is 16.2 Å². The summed E-state index contributed by atoms with van der Waals surface area (Å²) in [7, 11) is 0. The average Bonchev–Trinajstić information content (AvgIpc) is 3.18. The first-order valence-corrected chi connectivity index (χ1v) is 11.1. The van der Waals surface area contributed by atoms with Crippen LogP contribution < -0.4 is 15.9 Å². The van der Waals surface area contributed by atoms with E-state index in [9.17, 15) is 9.59 Å². The molecule has 0 saturated carbocycles. The Morgan fingerprint density at radius 2 is 1.56 bits per heavy atom. The molecule has 0 bridgehead atoms. The Hall–Kier alpha value is -2.97. The number of hydrogen-bond donors (Lipinski definition) is 1. The number of halogens is 2. The maximum atomic E-state index is 12.6. The number of carbonyl (C=O) groups excluding carboxylic acids is 1. The Labute approximate surface area is 195 Å². The summed E-state index contributed by atoms with van der Waals surface area (Å²) in [5.74, 6) is 0. The standard InChI is InChI=1S/C22H24Cl2N6O2/c1-15(2)30-22(32)29(14-25-30)17-8-6-16(7-9-17)27-10-12-28(13-11-27)21(31)26-20-18(23)4-3-5-19(20)24/h3-9,14-15H,10-13H2,1-2H3,(H,26,31). The number of carbonyl (C=O) groups is 1. The van der Waals surface area contributed by atoms with Crippen LogP contribution in [0.1, 0.15) is 19.9 Å². The van der Waals surface area contributed by atoms with E-state index in [0.29, 0.717) is 41.9 Å². The van der Waals surface area contributed by atoms with Crippen molar-refractivity contribution < 1.29 is 4.79 Å². The van der Waals surface area contributed by atoms with Crippen LogP contribution in [0.25, 0.3) is 5.69 Å². The normalized spacial score (nSPS) is 14.2. The number of nitrogens with one attached hydrogen (secondary N) is 1. The van der Waals surface area contributed by atoms with E-state index in [1.165, 1.54) is 9.25 Å². The molecule has 0 aliphatic carbocycles. The monoisotopic (exact) mass is 474 g/mol. The zero-order valence-electron chi connectivity index (χ0n) is 17.8. The molecule has 1 saturated heterocycles. The van der Waals surface area contributed by atoms with Gasteiger partial charge in [-0.3, -0.25) is 0 Å². The van der Waals surface area contributed by atoms with Crippen molar-refractivity contribution in [2.45, 2.75) is 19.9 Å². The number of para-hydroxylation sites is 1. The molecule has 168 valence electrons. The summed E-state index contributed by atoms with van der Waals surface area (Å²) in [5, 5.41) is 7.78. The molecule has 3 aromatic rings. The third-order valence-electron chi connectivity index (χ3n) is 5.44. The van der Waals surface area contributed by atoms with Crippen LogP contribution in [-0.2, 0) is 0 Å². The lowest BCUT2D eigenvalue weighted by Gasteiger charge is -2.36. The number of benzene rings is 2. The van der Waals surface area contributed by atoms with Gasteiger partial charge in [-0.2, -0.15) is 5.10 Å². The molecule has 0 radical (unpaired) electrons. The number of urea groups is 1. The minimum absolute atomic E-state index is 0.00506. The third-order valence-corrected chi connectivity index (χ3v) is 6.07. The summed E-state index contributed by atoms with van der Waals surface area (Å²) in [6.45, 7) is 6.35. The number of piperazine rings is 1. The van der Waals surface area contributed by atoms with Crippen molar-refractivity contribution in [2.24, 2.45) is 0 Å². The first-order valence-electron chi connectivity index (χ1n) is 10.4. The van der Waals surface area contributed by atoms with Gasteiger partial charge in [0.15, 0.2) is 0 Å². The SMILES string of the molecule is CC(C)n1ncn(-c2ccc(N3CCN(C(=O)Nc4c(Cl)cccc4Cl)CC3)cc2)c1=O. The van der Waals surface area contributed by atoms with Gasteiger partial charge in [-0.05, 0) is 50.2 Å². The Morgan fingerprint density at radius 1 is 0.969 bits per heavy atom. The molecular formula is C22H24Cl2N6O2. The van der Waals surface area contributed by atoms with Gasteiger partial charge >= 0.3 is 11.7 Å². The van der Waals surface area contributed by atoms with Crippen molar-refractivity contribution in [3.8, 4) is 5.69 Å². The van der Waals surface area contributed by atoms with Crippen molar-refractivity contribution in [1.82, 2.24) is 19.2 Å². The van der Waals surface area contributed by atoms with Gasteiger partial charge in [0.05, 0.1) is 27.5 Å². The summed E-state index contributed by atoms with van der Waals surface area (Å²) in [6, 6.07) is 12.7. The predicted octanol–water partition coefficient (Wildman–Crippen LogP) is 4.28. The molecular weight excluding hydrogens is 451 g/mol. The summed E-state index contributed by atoms with van der Waals surface area (Å²) in [6.07, 6.45) is 1.54. The van der Waals surface area contributed by atoms with Gasteiger partial charge in [0.1, 0.15) is 6.33 Å². The Balaban J connectivity index is 1.38. The molecule has 10 heteroatoms. The van der Waals surface area contributed by atoms with Crippen LogP contribution >= 0.6 is 23.2 Å². The molecule has 1 N–H and O–H groups in total. The van der Waals surface area contributed by atoms with Crippen molar-refractivity contribution in [3.05, 3.63) is 69.3 Å². The summed E-state index contributed by atoms with van der Waals surface area (Å²) in [5.41, 5.74) is 2.06. The number of anilines is 2. The van der Waals surface area contributed by atoms with Gasteiger partial charge in [0.25, 0.3) is 0 Å². The minimum atomic E-state index is -0.225. The van der Waals surface area contributed by atoms with Gasteiger partial charge in [-0.1, -0.05) is 29.3 Å². The van der Waals surface area contributed by atoms with E-state index >= 15 is 0 Å². The second-order valence-electron chi connectivity index (χ2n) is 7.84. The highest BCUT2D eigenvalue weighted by Crippen LogP contribution is 2.30. The van der Waals surface area contributed by atoms with Crippen LogP contribution in [0.5, 0.6) is 0 Å². The highest BCUT2D eigenvalue weighted by Gasteiger charge is 2.22. The molecule has 1 aliphatic heterocycles. The Kier molecular flexibility index (Phi) is 6.43. The Morgan fingerprint density at radius 3 is 2.12 bits per heavy atom. The summed E-state index contributed by atoms with van der Waals surface area (Å²) in [4.78, 5) is 29.0. The molecule has 2 heterocycles. The quantitative estimate of drug-likeness (QED) is 0.612. The fourth-order valence-corrected chi connectivity index (χ4v) is 4.13. The Bertz CT molecular complexity index is 1140. The zero-order chi connectivity index (χ0) is 22.8. The molecule has 0 spiro atoms. The van der Waals surface area contributed by atoms with Crippen LogP contribution in [0.15, 0.2) is 53.6 Å². The van der Waals surface area contributed by atoms with E-state index in [0.717, 1.165) is 11.4 Å². The zero-order valence-corrected chi connectivity index (χ0v) is 19.3. The highest BCUT2D eigenvalue weighted by atomic mass is 35.5. The molecule has 2 amide bonds. The number of amides is 2. The smallest absolute Gasteiger partial charge is 0.350 e. The van der Waals surface area contributed by atoms with Gasteiger partial charge in [-0.25, -0.2) is 18.8 Å². The fraction of sp³-hybridized carbons (Fsp3) is 0.318. The van der Waals surface area contributed by atoms with Gasteiger partial charge < -0.3 is 15.1 Å². The molecule has 32 heavy (non-hydrogen) atoms. The largest absolute Gasteiger partial charge is 0.368 e. The van der Waals surface area contributed by atoms with E-state index in [1.807, 2.05) is 38.1 Å². The van der Waals surface area contributed by atoms with Crippen LogP contribution in [0.2, 0.25) is 10.0 Å². The van der Waals surface area contributed by atoms with Crippen molar-refractivity contribution in [3.63, 3.8) is 0 Å². The number of rotatable bonds is 4. The lowest BCUT2D eigenvalue weighted by Crippen LogP contribution is -2.50. The van der Waals surface area contributed by atoms with Crippen LogP contribution in [-0.4, -0.2) is 51.5 Å². The van der Waals surface area contributed by atoms with E-state index in [1.54, 1.807) is 29.4 Å². The van der Waals surface area contributed by atoms with Gasteiger partial charge in [0.2, 0.25) is 0 Å². The first kappa shape index (κ1) is 22.2. The molecule has 1 aromatic heterocycles. The fourth-order valence-electron chi connectivity index (χ4n) is 3.64. The van der Waals surface area contributed by atoms with Crippen LogP contribution in [0, 0.1) is 0 Å². The van der Waals surface area contributed by atoms with E-state index < -0.39 is 0 Å². The van der Waals surface area contributed by atoms with Crippen molar-refractivity contribution in [1.29, 1.82) is 0 Å². The number of hydrogen-bond acceptors (Lipinski definition) is 4. The van der Waals surface area contributed by atoms with Crippen molar-refractivity contribution in [2.75, 3.05) is 36.4 Å². The average molecular weight is 475 g/mol. The first-order chi connectivity index (χ1) is 15.3. The number of aromatic nitrogens is 3. The summed E-state index contributed by atoms with van der Waals surface area (Å²) >= 11 is 12.3. The lowest BCUT2D eigenvalue weighted by atomic mass is 10.2. The highest BCUT2D eigenvalue weighted by molar-refractivity contribution is 6.39. The molecule has 1 fully saturated rings. The van der Waals surface area contributed by atoms with E-state index in [4.69, 9.17) is 23.2 Å². The van der Waals surface area contributed by atoms with E-state index in [-0.39, 0.29) is 17.8 Å². The minimum Gasteiger partial charge on any atom is -0.368 e. The molecule has 0 atom stereocenters. The second kappa shape index (κ2) is 9.26. The topological polar surface area (TPSA) is 75.4 Å². The predicted molar refractivity (Wildman–Crippen MR) is 127 cm³/mol. The molecule has 1 aliphatic rings. The second-order valence-corrected chi connectivity index (χ2v) is 8.65. The third kappa shape index (κ3) is 4.47. The maximum absolute atomic E-state index is 12.6. The molecule has 2 aromatic carbocycles. The van der Waals surface area contributed by atoms with E-state index in [2.05, 4.69) is 15.3 Å². The van der Waals surface area contributed by atoms with Gasteiger partial charge in [0, 0.05) is 31.9 Å².